The summed E-state index contributed by atoms with van der Waals surface area (Å²) in [6.07, 6.45) is 7.13. The minimum atomic E-state index is 0.646. The maximum absolute atomic E-state index is 5.82. The molecule has 3 aromatic heterocycles. The zero-order valence-electron chi connectivity index (χ0n) is 13.0. The number of aryl methyl sites for hydroxylation is 1. The summed E-state index contributed by atoms with van der Waals surface area (Å²) >= 11 is 0. The number of aromatic nitrogens is 5. The van der Waals surface area contributed by atoms with Gasteiger partial charge in [0.15, 0.2) is 11.5 Å². The SMILES string of the molecule is Cc1nn(N)cc1-c1cnc2c(Nc3cccc(N)c3)nccn12. The topological polar surface area (TPSA) is 112 Å². The van der Waals surface area contributed by atoms with E-state index in [1.54, 1.807) is 18.6 Å². The standard InChI is InChI=1S/C16H16N8/c1-10-13(9-24(18)22-10)14-8-20-16-15(19-5-6-23(14)16)21-12-4-2-3-11(17)7-12/h2-9H,17-18H2,1H3,(H,19,21). The minimum absolute atomic E-state index is 0.646. The van der Waals surface area contributed by atoms with E-state index in [0.29, 0.717) is 17.2 Å². The van der Waals surface area contributed by atoms with Crippen LogP contribution in [-0.2, 0) is 0 Å². The lowest BCUT2D eigenvalue weighted by Gasteiger charge is -2.08. The summed E-state index contributed by atoms with van der Waals surface area (Å²) in [4.78, 5) is 10.2. The monoisotopic (exact) mass is 320 g/mol. The molecule has 0 saturated heterocycles. The van der Waals surface area contributed by atoms with Gasteiger partial charge in [0.25, 0.3) is 0 Å². The van der Waals surface area contributed by atoms with Gasteiger partial charge in [-0.2, -0.15) is 9.89 Å². The van der Waals surface area contributed by atoms with E-state index in [1.807, 2.05) is 41.8 Å². The van der Waals surface area contributed by atoms with E-state index >= 15 is 0 Å². The zero-order valence-corrected chi connectivity index (χ0v) is 13.0. The molecule has 8 nitrogen and oxygen atoms in total. The number of rotatable bonds is 3. The summed E-state index contributed by atoms with van der Waals surface area (Å²) in [5.74, 6) is 6.36. The first-order chi connectivity index (χ1) is 11.6. The first-order valence-electron chi connectivity index (χ1n) is 7.38. The number of fused-ring (bicyclic) bond motifs is 1. The Hall–Kier alpha value is -3.55. The van der Waals surface area contributed by atoms with Gasteiger partial charge in [-0.25, -0.2) is 9.97 Å². The van der Waals surface area contributed by atoms with Gasteiger partial charge in [0, 0.05) is 29.3 Å². The summed E-state index contributed by atoms with van der Waals surface area (Å²) in [6.45, 7) is 1.91. The van der Waals surface area contributed by atoms with Gasteiger partial charge >= 0.3 is 0 Å². The van der Waals surface area contributed by atoms with Crippen molar-refractivity contribution in [2.24, 2.45) is 0 Å². The Morgan fingerprint density at radius 2 is 2.08 bits per heavy atom. The van der Waals surface area contributed by atoms with Crippen molar-refractivity contribution in [2.45, 2.75) is 6.92 Å². The van der Waals surface area contributed by atoms with Gasteiger partial charge < -0.3 is 16.9 Å². The van der Waals surface area contributed by atoms with Crippen LogP contribution in [0.1, 0.15) is 5.69 Å². The molecule has 0 aliphatic carbocycles. The fourth-order valence-corrected chi connectivity index (χ4v) is 2.69. The first kappa shape index (κ1) is 14.1. The maximum atomic E-state index is 5.82. The molecule has 4 aromatic rings. The Morgan fingerprint density at radius 3 is 2.83 bits per heavy atom. The lowest BCUT2D eigenvalue weighted by Crippen LogP contribution is -2.07. The quantitative estimate of drug-likeness (QED) is 0.393. The molecule has 120 valence electrons. The number of anilines is 3. The number of nitrogens with two attached hydrogens (primary N) is 2. The number of hydrogen-bond acceptors (Lipinski definition) is 6. The molecule has 0 fully saturated rings. The molecule has 24 heavy (non-hydrogen) atoms. The van der Waals surface area contributed by atoms with Crippen molar-refractivity contribution < 1.29 is 0 Å². The third-order valence-electron chi connectivity index (χ3n) is 3.77. The van der Waals surface area contributed by atoms with Crippen molar-refractivity contribution in [3.8, 4) is 11.3 Å². The van der Waals surface area contributed by atoms with E-state index in [-0.39, 0.29) is 0 Å². The number of hydrogen-bond donors (Lipinski definition) is 3. The van der Waals surface area contributed by atoms with Gasteiger partial charge in [-0.3, -0.25) is 4.40 Å². The fraction of sp³-hybridized carbons (Fsp3) is 0.0625. The van der Waals surface area contributed by atoms with E-state index in [1.165, 1.54) is 4.79 Å². The van der Waals surface area contributed by atoms with Crippen molar-refractivity contribution in [1.82, 2.24) is 24.3 Å². The smallest absolute Gasteiger partial charge is 0.180 e. The third-order valence-corrected chi connectivity index (χ3v) is 3.77. The maximum Gasteiger partial charge on any atom is 0.180 e. The molecule has 0 spiro atoms. The molecule has 1 aromatic carbocycles. The highest BCUT2D eigenvalue weighted by Gasteiger charge is 2.14. The summed E-state index contributed by atoms with van der Waals surface area (Å²) in [7, 11) is 0. The highest BCUT2D eigenvalue weighted by Crippen LogP contribution is 2.26. The van der Waals surface area contributed by atoms with Crippen LogP contribution in [0.2, 0.25) is 0 Å². The Bertz CT molecular complexity index is 1030. The average molecular weight is 320 g/mol. The molecule has 0 unspecified atom stereocenters. The average Bonchev–Trinajstić information content (AvgIpc) is 3.11. The van der Waals surface area contributed by atoms with Crippen molar-refractivity contribution in [3.05, 3.63) is 54.7 Å². The fourth-order valence-electron chi connectivity index (χ4n) is 2.69. The molecule has 5 N–H and O–H groups in total. The van der Waals surface area contributed by atoms with Crippen LogP contribution in [-0.4, -0.2) is 24.3 Å². The van der Waals surface area contributed by atoms with Gasteiger partial charge in [0.2, 0.25) is 0 Å². The first-order valence-corrected chi connectivity index (χ1v) is 7.38. The predicted octanol–water partition coefficient (Wildman–Crippen LogP) is 1.94. The van der Waals surface area contributed by atoms with Crippen LogP contribution in [0.5, 0.6) is 0 Å². The molecule has 4 rings (SSSR count). The van der Waals surface area contributed by atoms with Gasteiger partial charge in [-0.15, -0.1) is 0 Å². The molecule has 0 bridgehead atoms. The Balaban J connectivity index is 1.81. The molecular formula is C16H16N8. The summed E-state index contributed by atoms with van der Waals surface area (Å²) in [6, 6.07) is 7.49. The number of imidazole rings is 1. The number of benzene rings is 1. The zero-order chi connectivity index (χ0) is 16.7. The van der Waals surface area contributed by atoms with Crippen LogP contribution >= 0.6 is 0 Å². The van der Waals surface area contributed by atoms with E-state index in [9.17, 15) is 0 Å². The van der Waals surface area contributed by atoms with Crippen LogP contribution in [0.15, 0.2) is 49.1 Å². The molecule has 0 saturated carbocycles. The van der Waals surface area contributed by atoms with Crippen LogP contribution < -0.4 is 16.9 Å². The third kappa shape index (κ3) is 2.30. The molecule has 0 aliphatic rings. The molecular weight excluding hydrogens is 304 g/mol. The highest BCUT2D eigenvalue weighted by atomic mass is 15.5. The van der Waals surface area contributed by atoms with Crippen molar-refractivity contribution >= 4 is 22.8 Å². The van der Waals surface area contributed by atoms with Crippen LogP contribution in [0.4, 0.5) is 17.2 Å². The largest absolute Gasteiger partial charge is 0.399 e. The van der Waals surface area contributed by atoms with Crippen molar-refractivity contribution in [3.63, 3.8) is 0 Å². The summed E-state index contributed by atoms with van der Waals surface area (Å²) in [5, 5.41) is 7.43. The normalized spacial score (nSPS) is 11.0. The Kier molecular flexibility index (Phi) is 3.09. The Morgan fingerprint density at radius 1 is 1.21 bits per heavy atom. The second kappa shape index (κ2) is 5.27. The number of nitrogens with zero attached hydrogens (tertiary/aromatic N) is 5. The second-order valence-electron chi connectivity index (χ2n) is 5.47. The van der Waals surface area contributed by atoms with Crippen molar-refractivity contribution in [1.29, 1.82) is 0 Å². The van der Waals surface area contributed by atoms with Gasteiger partial charge in [0.1, 0.15) is 0 Å². The van der Waals surface area contributed by atoms with E-state index in [0.717, 1.165) is 22.6 Å². The van der Waals surface area contributed by atoms with Crippen LogP contribution in [0.3, 0.4) is 0 Å². The summed E-state index contributed by atoms with van der Waals surface area (Å²) in [5.41, 5.74) is 10.7. The number of nitrogen functional groups attached to an aromatic ring is 2. The van der Waals surface area contributed by atoms with Gasteiger partial charge in [0.05, 0.1) is 23.8 Å². The Labute approximate surface area is 137 Å². The van der Waals surface area contributed by atoms with E-state index in [4.69, 9.17) is 11.6 Å². The molecule has 0 aliphatic heterocycles. The number of nitrogens with one attached hydrogen (secondary N) is 1. The summed E-state index contributed by atoms with van der Waals surface area (Å²) < 4.78 is 1.95. The second-order valence-corrected chi connectivity index (χ2v) is 5.47. The van der Waals surface area contributed by atoms with E-state index < -0.39 is 0 Å². The van der Waals surface area contributed by atoms with Crippen LogP contribution in [0, 0.1) is 6.92 Å². The minimum Gasteiger partial charge on any atom is -0.399 e. The molecule has 0 atom stereocenters. The van der Waals surface area contributed by atoms with Crippen molar-refractivity contribution in [2.75, 3.05) is 16.9 Å². The van der Waals surface area contributed by atoms with Gasteiger partial charge in [-0.1, -0.05) is 6.07 Å². The van der Waals surface area contributed by atoms with E-state index in [2.05, 4.69) is 20.4 Å². The lowest BCUT2D eigenvalue weighted by molar-refractivity contribution is 0.817. The lowest BCUT2D eigenvalue weighted by atomic mass is 10.2. The molecule has 3 heterocycles. The molecule has 8 heteroatoms. The molecule has 0 radical (unpaired) electrons. The van der Waals surface area contributed by atoms with Gasteiger partial charge in [-0.05, 0) is 25.1 Å². The molecule has 0 amide bonds. The highest BCUT2D eigenvalue weighted by molar-refractivity contribution is 5.75. The van der Waals surface area contributed by atoms with Crippen LogP contribution in [0.25, 0.3) is 16.9 Å². The predicted molar refractivity (Wildman–Crippen MR) is 93.2 cm³/mol.